The summed E-state index contributed by atoms with van der Waals surface area (Å²) in [6.45, 7) is 8.70. The summed E-state index contributed by atoms with van der Waals surface area (Å²) in [7, 11) is 0. The number of hydrogen-bond acceptors (Lipinski definition) is 3. The second kappa shape index (κ2) is 3.87. The molecule has 0 bridgehead atoms. The van der Waals surface area contributed by atoms with Gasteiger partial charge in [0.05, 0.1) is 5.41 Å². The van der Waals surface area contributed by atoms with Crippen molar-refractivity contribution in [1.29, 1.82) is 0 Å². The maximum Gasteiger partial charge on any atom is 0.177 e. The van der Waals surface area contributed by atoms with Crippen molar-refractivity contribution in [2.45, 2.75) is 51.0 Å². The summed E-state index contributed by atoms with van der Waals surface area (Å²) in [6, 6.07) is 0. The van der Waals surface area contributed by atoms with Crippen molar-refractivity contribution < 1.29 is 6.16 Å². The number of aliphatic imine (C=N–C) groups is 1. The molecule has 0 aromatic carbocycles. The van der Waals surface area contributed by atoms with Crippen LogP contribution in [0.1, 0.15) is 53.0 Å². The van der Waals surface area contributed by atoms with Crippen LogP contribution in [0, 0.1) is 5.92 Å². The number of imidazole rings is 1. The van der Waals surface area contributed by atoms with Gasteiger partial charge in [-0.15, -0.1) is 0 Å². The zero-order chi connectivity index (χ0) is 14.8. The third-order valence-electron chi connectivity index (χ3n) is 5.02. The van der Waals surface area contributed by atoms with E-state index in [0.717, 1.165) is 23.7 Å². The molecule has 2 heterocycles. The van der Waals surface area contributed by atoms with E-state index >= 15 is 0 Å². The summed E-state index contributed by atoms with van der Waals surface area (Å²) in [4.78, 5) is 12.7. The Morgan fingerprint density at radius 3 is 2.76 bits per heavy atom. The van der Waals surface area contributed by atoms with E-state index in [2.05, 4.69) is 49.8 Å². The molecule has 0 saturated heterocycles. The van der Waals surface area contributed by atoms with Crippen LogP contribution < -0.4 is 0 Å². The Balaban J connectivity index is 0.00000144. The Morgan fingerprint density at radius 1 is 1.29 bits per heavy atom. The number of rotatable bonds is 3. The third-order valence-corrected chi connectivity index (χ3v) is 5.02. The van der Waals surface area contributed by atoms with Crippen molar-refractivity contribution in [1.82, 2.24) is 9.97 Å². The molecule has 4 rings (SSSR count). The van der Waals surface area contributed by atoms with Gasteiger partial charge in [0.25, 0.3) is 0 Å². The van der Waals surface area contributed by atoms with Gasteiger partial charge in [-0.1, -0.05) is 39.8 Å². The van der Waals surface area contributed by atoms with Crippen LogP contribution in [0.4, 0.5) is 0 Å². The van der Waals surface area contributed by atoms with Gasteiger partial charge in [-0.2, -0.15) is 0 Å². The predicted octanol–water partition coefficient (Wildman–Crippen LogP) is 3.70. The third kappa shape index (κ3) is 1.45. The second-order valence-corrected chi connectivity index (χ2v) is 6.97. The zero-order valence-corrected chi connectivity index (χ0v) is 13.0. The number of ether oxygens (including phenoxy) is 1. The van der Waals surface area contributed by atoms with Crippen LogP contribution >= 0.6 is 0 Å². The summed E-state index contributed by atoms with van der Waals surface area (Å²) < 4.78 is 5.78. The number of H-pyrrole nitrogens is 1. The number of allylic oxidation sites excluding steroid dienone is 2. The molecule has 4 nitrogen and oxygen atoms in total. The van der Waals surface area contributed by atoms with Crippen LogP contribution in [0.15, 0.2) is 34.7 Å². The highest BCUT2D eigenvalue weighted by Gasteiger charge is 2.74. The average molecular weight is 285 g/mol. The molecule has 1 aromatic heterocycles. The summed E-state index contributed by atoms with van der Waals surface area (Å²) >= 11 is 0. The van der Waals surface area contributed by atoms with Crippen LogP contribution in [0.3, 0.4) is 0 Å². The first-order valence-electron chi connectivity index (χ1n) is 7.70. The van der Waals surface area contributed by atoms with Gasteiger partial charge in [0.2, 0.25) is 0 Å². The Morgan fingerprint density at radius 2 is 2.10 bits per heavy atom. The minimum atomic E-state index is -0.220. The summed E-state index contributed by atoms with van der Waals surface area (Å²) in [5, 5.41) is 0. The molecular weight excluding hydrogens is 262 g/mol. The molecule has 1 aliphatic heterocycles. The molecule has 1 N–H and O–H groups in total. The van der Waals surface area contributed by atoms with Gasteiger partial charge < -0.3 is 9.72 Å². The Hall–Kier alpha value is -1.84. The van der Waals surface area contributed by atoms with Gasteiger partial charge >= 0.3 is 0 Å². The largest absolute Gasteiger partial charge is 0.448 e. The molecule has 2 atom stereocenters. The molecule has 0 radical (unpaired) electrons. The molecule has 1 fully saturated rings. The number of nitrogens with one attached hydrogen (secondary N) is 1. The van der Waals surface area contributed by atoms with Crippen LogP contribution in [0.5, 0.6) is 0 Å². The van der Waals surface area contributed by atoms with Crippen molar-refractivity contribution in [3.63, 3.8) is 0 Å². The van der Waals surface area contributed by atoms with E-state index < -0.39 is 0 Å². The topological polar surface area (TPSA) is 50.3 Å². The molecule has 0 amide bonds. The maximum absolute atomic E-state index is 5.78. The van der Waals surface area contributed by atoms with Gasteiger partial charge in [-0.05, 0) is 17.9 Å². The number of hydrogen-bond donors (Lipinski definition) is 1. The lowest BCUT2D eigenvalue weighted by Gasteiger charge is -2.24. The minimum Gasteiger partial charge on any atom is -0.448 e. The lowest BCUT2D eigenvalue weighted by Crippen LogP contribution is -2.26. The van der Waals surface area contributed by atoms with E-state index in [1.54, 1.807) is 6.40 Å². The second-order valence-electron chi connectivity index (χ2n) is 6.97. The maximum atomic E-state index is 5.78. The molecular formula is C17H23N3O. The van der Waals surface area contributed by atoms with Gasteiger partial charge in [0.15, 0.2) is 6.40 Å². The zero-order valence-electron chi connectivity index (χ0n) is 13.0. The molecule has 1 spiro atoms. The SMILES string of the molecule is CC(C)C1=C2OC=NC23CC3(c2cnc(C(C)C)[nH]2)C=C1.[HH]. The summed E-state index contributed by atoms with van der Waals surface area (Å²) in [5.74, 6) is 2.93. The van der Waals surface area contributed by atoms with E-state index in [-0.39, 0.29) is 12.4 Å². The van der Waals surface area contributed by atoms with Crippen molar-refractivity contribution in [3.05, 3.63) is 41.2 Å². The van der Waals surface area contributed by atoms with Crippen molar-refractivity contribution >= 4 is 6.40 Å². The lowest BCUT2D eigenvalue weighted by molar-refractivity contribution is 0.395. The number of nitrogens with zero attached hydrogens (tertiary/aromatic N) is 2. The van der Waals surface area contributed by atoms with Crippen LogP contribution in [-0.2, 0) is 10.2 Å². The van der Waals surface area contributed by atoms with E-state index in [1.807, 2.05) is 6.20 Å². The van der Waals surface area contributed by atoms with Crippen LogP contribution in [0.25, 0.3) is 0 Å². The highest BCUT2D eigenvalue weighted by atomic mass is 16.5. The Labute approximate surface area is 126 Å². The number of aromatic nitrogens is 2. The first kappa shape index (κ1) is 12.9. The Kier molecular flexibility index (Phi) is 2.37. The van der Waals surface area contributed by atoms with E-state index in [0.29, 0.717) is 11.8 Å². The minimum absolute atomic E-state index is 0. The highest BCUT2D eigenvalue weighted by Crippen LogP contribution is 2.68. The van der Waals surface area contributed by atoms with Crippen LogP contribution in [-0.4, -0.2) is 21.9 Å². The fourth-order valence-corrected chi connectivity index (χ4v) is 3.66. The first-order chi connectivity index (χ1) is 10.0. The Bertz CT molecular complexity index is 701. The molecule has 2 aliphatic carbocycles. The van der Waals surface area contributed by atoms with E-state index in [9.17, 15) is 0 Å². The molecule has 1 saturated carbocycles. The van der Waals surface area contributed by atoms with Gasteiger partial charge in [0.1, 0.15) is 17.1 Å². The number of aromatic amines is 1. The summed E-state index contributed by atoms with van der Waals surface area (Å²) in [5.41, 5.74) is 2.12. The fourth-order valence-electron chi connectivity index (χ4n) is 3.66. The van der Waals surface area contributed by atoms with Crippen LogP contribution in [0.2, 0.25) is 0 Å². The van der Waals surface area contributed by atoms with Crippen molar-refractivity contribution in [2.24, 2.45) is 10.9 Å². The van der Waals surface area contributed by atoms with Gasteiger partial charge in [-0.25, -0.2) is 9.98 Å². The lowest BCUT2D eigenvalue weighted by atomic mass is 9.85. The molecule has 2 unspecified atom stereocenters. The predicted molar refractivity (Wildman–Crippen MR) is 84.4 cm³/mol. The molecule has 3 aliphatic rings. The highest BCUT2D eigenvalue weighted by molar-refractivity contribution is 5.69. The van der Waals surface area contributed by atoms with Crippen molar-refractivity contribution in [3.8, 4) is 0 Å². The smallest absolute Gasteiger partial charge is 0.177 e. The fraction of sp³-hybridized carbons (Fsp3) is 0.529. The standard InChI is InChI=1S/C17H21N3O.H2/c1-10(2)12-5-6-16(8-17(16)14(12)21-9-19-17)13-7-18-15(20-13)11(3)4;/h5-7,9-11H,8H2,1-4H3,(H,18,20);1H. The average Bonchev–Trinajstić information content (AvgIpc) is 2.81. The quantitative estimate of drug-likeness (QED) is 0.920. The summed E-state index contributed by atoms with van der Waals surface area (Å²) in [6.07, 6.45) is 9.08. The molecule has 112 valence electrons. The molecule has 1 aromatic rings. The normalized spacial score (nSPS) is 32.7. The van der Waals surface area contributed by atoms with E-state index in [1.165, 1.54) is 5.57 Å². The molecule has 4 heteroatoms. The van der Waals surface area contributed by atoms with Gasteiger partial charge in [-0.3, -0.25) is 0 Å². The van der Waals surface area contributed by atoms with Crippen molar-refractivity contribution in [2.75, 3.05) is 0 Å². The monoisotopic (exact) mass is 285 g/mol. The van der Waals surface area contributed by atoms with Gasteiger partial charge in [0, 0.05) is 19.2 Å². The molecule has 21 heavy (non-hydrogen) atoms. The van der Waals surface area contributed by atoms with E-state index in [4.69, 9.17) is 9.73 Å². The first-order valence-corrected chi connectivity index (χ1v) is 7.70.